The molecule has 2 saturated carbocycles. The third-order valence-corrected chi connectivity index (χ3v) is 3.14. The molecule has 0 aromatic carbocycles. The standard InChI is InChI=1S/C10H14O/c1-2-4-8-7-10(8)6-3-5-9(10)11/h2,4,8H,3,5-7H2,1H3/t8-,10-/m0/s1. The molecule has 0 aromatic rings. The molecule has 1 heteroatoms. The van der Waals surface area contributed by atoms with Crippen LogP contribution in [0.25, 0.3) is 0 Å². The van der Waals surface area contributed by atoms with E-state index >= 15 is 0 Å². The highest BCUT2D eigenvalue weighted by molar-refractivity contribution is 5.90. The Bertz CT molecular complexity index is 217. The second-order valence-electron chi connectivity index (χ2n) is 3.77. The first-order valence-corrected chi connectivity index (χ1v) is 4.46. The lowest BCUT2D eigenvalue weighted by Gasteiger charge is -2.01. The summed E-state index contributed by atoms with van der Waals surface area (Å²) >= 11 is 0. The van der Waals surface area contributed by atoms with E-state index in [0.29, 0.717) is 11.7 Å². The minimum Gasteiger partial charge on any atom is -0.299 e. The maximum absolute atomic E-state index is 11.4. The van der Waals surface area contributed by atoms with Gasteiger partial charge in [0.25, 0.3) is 0 Å². The van der Waals surface area contributed by atoms with Crippen molar-refractivity contribution in [3.63, 3.8) is 0 Å². The van der Waals surface area contributed by atoms with E-state index in [4.69, 9.17) is 0 Å². The molecule has 1 spiro atoms. The molecule has 0 amide bonds. The molecule has 2 aliphatic rings. The Morgan fingerprint density at radius 1 is 1.64 bits per heavy atom. The quantitative estimate of drug-likeness (QED) is 0.524. The normalized spacial score (nSPS) is 42.6. The summed E-state index contributed by atoms with van der Waals surface area (Å²) in [5.41, 5.74) is 0.145. The van der Waals surface area contributed by atoms with E-state index in [1.54, 1.807) is 0 Å². The Kier molecular flexibility index (Phi) is 1.41. The molecule has 0 aromatic heterocycles. The molecule has 2 aliphatic carbocycles. The Hall–Kier alpha value is -0.590. The second kappa shape index (κ2) is 2.20. The van der Waals surface area contributed by atoms with Gasteiger partial charge in [-0.1, -0.05) is 12.2 Å². The van der Waals surface area contributed by atoms with Gasteiger partial charge in [-0.15, -0.1) is 0 Å². The van der Waals surface area contributed by atoms with Crippen LogP contribution in [-0.2, 0) is 4.79 Å². The molecule has 2 rings (SSSR count). The van der Waals surface area contributed by atoms with Crippen LogP contribution >= 0.6 is 0 Å². The minimum atomic E-state index is 0.145. The van der Waals surface area contributed by atoms with E-state index < -0.39 is 0 Å². The van der Waals surface area contributed by atoms with Crippen molar-refractivity contribution >= 4 is 5.78 Å². The van der Waals surface area contributed by atoms with Crippen molar-refractivity contribution in [3.8, 4) is 0 Å². The maximum atomic E-state index is 11.4. The largest absolute Gasteiger partial charge is 0.299 e. The van der Waals surface area contributed by atoms with Crippen molar-refractivity contribution in [1.82, 2.24) is 0 Å². The molecule has 1 nitrogen and oxygen atoms in total. The summed E-state index contributed by atoms with van der Waals surface area (Å²) in [6, 6.07) is 0. The summed E-state index contributed by atoms with van der Waals surface area (Å²) in [6.07, 6.45) is 8.53. The SMILES string of the molecule is CC=C[C@H]1C[C@@]12CCCC2=O. The predicted molar refractivity (Wildman–Crippen MR) is 44.2 cm³/mol. The van der Waals surface area contributed by atoms with Crippen molar-refractivity contribution in [2.24, 2.45) is 11.3 Å². The first-order valence-electron chi connectivity index (χ1n) is 4.46. The van der Waals surface area contributed by atoms with Crippen molar-refractivity contribution < 1.29 is 4.79 Å². The number of allylic oxidation sites excluding steroid dienone is 2. The van der Waals surface area contributed by atoms with Gasteiger partial charge >= 0.3 is 0 Å². The number of rotatable bonds is 1. The summed E-state index contributed by atoms with van der Waals surface area (Å²) < 4.78 is 0. The molecule has 0 saturated heterocycles. The number of Topliss-reactive ketones (excluding diaryl/α,β-unsaturated/α-hetero) is 1. The average Bonchev–Trinajstić information content (AvgIpc) is 2.53. The molecule has 0 radical (unpaired) electrons. The van der Waals surface area contributed by atoms with Gasteiger partial charge in [0, 0.05) is 11.8 Å². The molecule has 0 aliphatic heterocycles. The van der Waals surface area contributed by atoms with Crippen LogP contribution in [0.5, 0.6) is 0 Å². The van der Waals surface area contributed by atoms with Crippen molar-refractivity contribution in [3.05, 3.63) is 12.2 Å². The Balaban J connectivity index is 2.10. The Morgan fingerprint density at radius 3 is 3.00 bits per heavy atom. The molecular formula is C10H14O. The third kappa shape index (κ3) is 0.867. The molecule has 60 valence electrons. The second-order valence-corrected chi connectivity index (χ2v) is 3.77. The zero-order valence-electron chi connectivity index (χ0n) is 6.97. The highest BCUT2D eigenvalue weighted by Crippen LogP contribution is 2.61. The first-order chi connectivity index (χ1) is 5.29. The summed E-state index contributed by atoms with van der Waals surface area (Å²) in [4.78, 5) is 11.4. The van der Waals surface area contributed by atoms with Gasteiger partial charge in [0.1, 0.15) is 5.78 Å². The van der Waals surface area contributed by atoms with E-state index in [2.05, 4.69) is 12.2 Å². The smallest absolute Gasteiger partial charge is 0.139 e. The lowest BCUT2D eigenvalue weighted by molar-refractivity contribution is -0.122. The zero-order chi connectivity index (χ0) is 7.90. The lowest BCUT2D eigenvalue weighted by Crippen LogP contribution is -2.08. The molecule has 0 bridgehead atoms. The van der Waals surface area contributed by atoms with E-state index in [1.807, 2.05) is 6.92 Å². The topological polar surface area (TPSA) is 17.1 Å². The number of hydrogen-bond acceptors (Lipinski definition) is 1. The van der Waals surface area contributed by atoms with Crippen LogP contribution in [-0.4, -0.2) is 5.78 Å². The molecule has 11 heavy (non-hydrogen) atoms. The monoisotopic (exact) mass is 150 g/mol. The van der Waals surface area contributed by atoms with E-state index in [0.717, 1.165) is 25.7 Å². The number of carbonyl (C=O) groups is 1. The fourth-order valence-corrected chi connectivity index (χ4v) is 2.38. The molecule has 0 unspecified atom stereocenters. The molecule has 2 atom stereocenters. The van der Waals surface area contributed by atoms with Gasteiger partial charge in [-0.25, -0.2) is 0 Å². The summed E-state index contributed by atoms with van der Waals surface area (Å²) in [7, 11) is 0. The van der Waals surface area contributed by atoms with E-state index in [9.17, 15) is 4.79 Å². The van der Waals surface area contributed by atoms with E-state index in [1.165, 1.54) is 0 Å². The van der Waals surface area contributed by atoms with Gasteiger partial charge in [-0.2, -0.15) is 0 Å². The van der Waals surface area contributed by atoms with Crippen LogP contribution in [0.2, 0.25) is 0 Å². The zero-order valence-corrected chi connectivity index (χ0v) is 6.97. The van der Waals surface area contributed by atoms with Crippen LogP contribution in [0, 0.1) is 11.3 Å². The van der Waals surface area contributed by atoms with Gasteiger partial charge in [-0.3, -0.25) is 4.79 Å². The maximum Gasteiger partial charge on any atom is 0.139 e. The lowest BCUT2D eigenvalue weighted by atomic mass is 10.0. The third-order valence-electron chi connectivity index (χ3n) is 3.14. The summed E-state index contributed by atoms with van der Waals surface area (Å²) in [5, 5.41) is 0. The summed E-state index contributed by atoms with van der Waals surface area (Å²) in [5.74, 6) is 1.13. The molecule has 0 heterocycles. The fourth-order valence-electron chi connectivity index (χ4n) is 2.38. The first kappa shape index (κ1) is 7.08. The summed E-state index contributed by atoms with van der Waals surface area (Å²) in [6.45, 7) is 2.03. The fraction of sp³-hybridized carbons (Fsp3) is 0.700. The Labute approximate surface area is 67.5 Å². The van der Waals surface area contributed by atoms with Crippen LogP contribution in [0.3, 0.4) is 0 Å². The van der Waals surface area contributed by atoms with Gasteiger partial charge in [0.2, 0.25) is 0 Å². The number of hydrogen-bond donors (Lipinski definition) is 0. The minimum absolute atomic E-state index is 0.145. The average molecular weight is 150 g/mol. The van der Waals surface area contributed by atoms with Crippen molar-refractivity contribution in [2.75, 3.05) is 0 Å². The van der Waals surface area contributed by atoms with Gasteiger partial charge in [0.15, 0.2) is 0 Å². The van der Waals surface area contributed by atoms with Crippen molar-refractivity contribution in [1.29, 1.82) is 0 Å². The molecular weight excluding hydrogens is 136 g/mol. The van der Waals surface area contributed by atoms with Crippen LogP contribution in [0.15, 0.2) is 12.2 Å². The van der Waals surface area contributed by atoms with Gasteiger partial charge < -0.3 is 0 Å². The number of ketones is 1. The highest BCUT2D eigenvalue weighted by Gasteiger charge is 2.59. The number of carbonyl (C=O) groups excluding carboxylic acids is 1. The van der Waals surface area contributed by atoms with Crippen LogP contribution < -0.4 is 0 Å². The highest BCUT2D eigenvalue weighted by atomic mass is 16.1. The molecule has 2 fully saturated rings. The van der Waals surface area contributed by atoms with Crippen molar-refractivity contribution in [2.45, 2.75) is 32.6 Å². The predicted octanol–water partition coefficient (Wildman–Crippen LogP) is 2.32. The van der Waals surface area contributed by atoms with Crippen LogP contribution in [0.4, 0.5) is 0 Å². The van der Waals surface area contributed by atoms with Crippen LogP contribution in [0.1, 0.15) is 32.6 Å². The Morgan fingerprint density at radius 2 is 2.45 bits per heavy atom. The van der Waals surface area contributed by atoms with Gasteiger partial charge in [0.05, 0.1) is 0 Å². The van der Waals surface area contributed by atoms with Gasteiger partial charge in [-0.05, 0) is 32.1 Å². The molecule has 0 N–H and O–H groups in total. The van der Waals surface area contributed by atoms with E-state index in [-0.39, 0.29) is 5.41 Å².